The maximum Gasteiger partial charge on any atom is 0.519 e. The van der Waals surface area contributed by atoms with Crippen LogP contribution in [0.5, 0.6) is 0 Å². The fourth-order valence-corrected chi connectivity index (χ4v) is 5.60. The minimum atomic E-state index is -4.75. The van der Waals surface area contributed by atoms with Gasteiger partial charge >= 0.3 is 28.2 Å². The number of nitrogens with one attached hydrogen (secondary N) is 2. The van der Waals surface area contributed by atoms with Crippen LogP contribution in [0.1, 0.15) is 57.5 Å². The summed E-state index contributed by atoms with van der Waals surface area (Å²) in [4.78, 5) is 51.1. The van der Waals surface area contributed by atoms with E-state index in [1.807, 2.05) is 0 Å². The molecule has 3 amide bonds. The van der Waals surface area contributed by atoms with Crippen LogP contribution in [0.4, 0.5) is 4.79 Å². The highest BCUT2D eigenvalue weighted by Gasteiger charge is 2.48. The molecule has 3 fully saturated rings. The SMILES string of the molecule is Cc1oc(=O)oc1COC(=O)C(C)(C)COS(=O)(=O)ON1CC2CCC[C@@H](C(=O)NC3CCNCC3)N2C1=O. The number of rotatable bonds is 10. The predicted octanol–water partition coefficient (Wildman–Crippen LogP) is 0.331. The zero-order valence-corrected chi connectivity index (χ0v) is 22.9. The number of nitrogens with zero attached hydrogens (tertiary/aromatic N) is 2. The zero-order valence-electron chi connectivity index (χ0n) is 22.1. The Morgan fingerprint density at radius 3 is 2.51 bits per heavy atom. The van der Waals surface area contributed by atoms with E-state index < -0.39 is 52.9 Å². The summed E-state index contributed by atoms with van der Waals surface area (Å²) >= 11 is 0. The van der Waals surface area contributed by atoms with Gasteiger partial charge in [0.25, 0.3) is 0 Å². The Labute approximate surface area is 225 Å². The molecule has 1 aromatic heterocycles. The first kappa shape index (κ1) is 29.0. The number of hydroxylamine groups is 2. The molecule has 0 spiro atoms. The molecule has 15 nitrogen and oxygen atoms in total. The Kier molecular flexibility index (Phi) is 8.68. The van der Waals surface area contributed by atoms with Crippen LogP contribution in [0.25, 0.3) is 0 Å². The van der Waals surface area contributed by atoms with Crippen molar-refractivity contribution in [2.24, 2.45) is 5.41 Å². The normalized spacial score (nSPS) is 22.6. The molecular formula is C23H34N4O11S. The number of carbonyl (C=O) groups is 3. The number of hydrogen-bond donors (Lipinski definition) is 2. The molecule has 0 aromatic carbocycles. The van der Waals surface area contributed by atoms with E-state index in [2.05, 4.69) is 10.6 Å². The molecule has 0 aliphatic carbocycles. The predicted molar refractivity (Wildman–Crippen MR) is 131 cm³/mol. The third-order valence-corrected chi connectivity index (χ3v) is 7.78. The third-order valence-electron chi connectivity index (χ3n) is 7.01. The Balaban J connectivity index is 1.31. The summed E-state index contributed by atoms with van der Waals surface area (Å²) in [6.07, 6.45) is 3.36. The lowest BCUT2D eigenvalue weighted by Crippen LogP contribution is -2.56. The van der Waals surface area contributed by atoms with Crippen molar-refractivity contribution < 1.29 is 44.8 Å². The number of hydrogen-bond acceptors (Lipinski definition) is 12. The highest BCUT2D eigenvalue weighted by molar-refractivity contribution is 7.81. The molecule has 4 rings (SSSR count). The molecule has 39 heavy (non-hydrogen) atoms. The molecule has 2 N–H and O–H groups in total. The smallest absolute Gasteiger partial charge is 0.457 e. The monoisotopic (exact) mass is 574 g/mol. The average Bonchev–Trinajstić information content (AvgIpc) is 3.38. The molecule has 0 bridgehead atoms. The Bertz CT molecular complexity index is 1230. The van der Waals surface area contributed by atoms with E-state index in [-0.39, 0.29) is 36.1 Å². The van der Waals surface area contributed by atoms with Gasteiger partial charge < -0.3 is 29.1 Å². The van der Waals surface area contributed by atoms with Gasteiger partial charge in [-0.2, -0.15) is 13.5 Å². The molecule has 16 heteroatoms. The van der Waals surface area contributed by atoms with E-state index in [1.165, 1.54) is 25.7 Å². The number of amides is 3. The minimum Gasteiger partial charge on any atom is -0.457 e. The third kappa shape index (κ3) is 6.98. The van der Waals surface area contributed by atoms with Gasteiger partial charge in [-0.15, -0.1) is 4.28 Å². The maximum atomic E-state index is 13.1. The van der Waals surface area contributed by atoms with Crippen LogP contribution in [0.3, 0.4) is 0 Å². The van der Waals surface area contributed by atoms with Crippen LogP contribution in [-0.2, 0) is 39.8 Å². The number of esters is 1. The molecular weight excluding hydrogens is 540 g/mol. The largest absolute Gasteiger partial charge is 0.519 e. The van der Waals surface area contributed by atoms with Gasteiger partial charge in [0.2, 0.25) is 5.91 Å². The van der Waals surface area contributed by atoms with Crippen molar-refractivity contribution in [2.45, 2.75) is 77.6 Å². The number of fused-ring (bicyclic) bond motifs is 1. The van der Waals surface area contributed by atoms with Gasteiger partial charge in [-0.25, -0.2) is 13.8 Å². The summed E-state index contributed by atoms with van der Waals surface area (Å²) < 4.78 is 49.5. The Morgan fingerprint density at radius 1 is 1.13 bits per heavy atom. The van der Waals surface area contributed by atoms with Crippen molar-refractivity contribution in [2.75, 3.05) is 26.2 Å². The molecule has 2 atom stereocenters. The van der Waals surface area contributed by atoms with Crippen LogP contribution in [0.2, 0.25) is 0 Å². The van der Waals surface area contributed by atoms with E-state index in [9.17, 15) is 27.6 Å². The molecule has 0 radical (unpaired) electrons. The second kappa shape index (κ2) is 11.7. The number of aryl methyl sites for hydroxylation is 1. The summed E-state index contributed by atoms with van der Waals surface area (Å²) in [6, 6.07) is -1.83. The molecule has 218 valence electrons. The molecule has 1 unspecified atom stereocenters. The van der Waals surface area contributed by atoms with Gasteiger partial charge in [0.05, 0.1) is 24.6 Å². The molecule has 3 saturated heterocycles. The topological polar surface area (TPSA) is 187 Å². The van der Waals surface area contributed by atoms with E-state index in [0.717, 1.165) is 25.9 Å². The standard InChI is InChI=1S/C23H34N4O11S/c1-14-18(37-22(31)36-14)12-34-20(29)23(2,3)13-35-39(32,33)38-26-11-16-5-4-6-17(27(16)21(26)30)19(28)25-15-7-9-24-10-8-15/h15-17,24H,4-13H2,1-3H3,(H,25,28)/t16?,17-/m0/s1. The molecule has 3 aliphatic rings. The van der Waals surface area contributed by atoms with Crippen molar-refractivity contribution >= 4 is 28.3 Å². The summed E-state index contributed by atoms with van der Waals surface area (Å²) in [5, 5.41) is 6.91. The maximum absolute atomic E-state index is 13.1. The van der Waals surface area contributed by atoms with E-state index in [1.54, 1.807) is 0 Å². The number of urea groups is 1. The van der Waals surface area contributed by atoms with Crippen molar-refractivity contribution in [1.82, 2.24) is 20.6 Å². The van der Waals surface area contributed by atoms with Gasteiger partial charge in [0.15, 0.2) is 18.1 Å². The molecule has 0 saturated carbocycles. The van der Waals surface area contributed by atoms with E-state index in [0.29, 0.717) is 24.3 Å². The lowest BCUT2D eigenvalue weighted by atomic mass is 9.95. The number of piperidine rings is 2. The summed E-state index contributed by atoms with van der Waals surface area (Å²) in [5.74, 6) is -1.86. The quantitative estimate of drug-likeness (QED) is 0.365. The molecule has 4 heterocycles. The van der Waals surface area contributed by atoms with Crippen LogP contribution in [0.15, 0.2) is 13.6 Å². The Hall–Kier alpha value is -2.95. The van der Waals surface area contributed by atoms with Crippen LogP contribution >= 0.6 is 0 Å². The van der Waals surface area contributed by atoms with Gasteiger partial charge in [-0.1, -0.05) is 0 Å². The fraction of sp³-hybridized carbons (Fsp3) is 0.739. The van der Waals surface area contributed by atoms with Gasteiger partial charge in [-0.05, 0) is 66.0 Å². The Morgan fingerprint density at radius 2 is 1.85 bits per heavy atom. The van der Waals surface area contributed by atoms with Crippen molar-refractivity contribution in [3.05, 3.63) is 22.1 Å². The lowest BCUT2D eigenvalue weighted by molar-refractivity contribution is -0.157. The number of ether oxygens (including phenoxy) is 1. The second-order valence-electron chi connectivity index (χ2n) is 10.5. The van der Waals surface area contributed by atoms with Gasteiger partial charge in [0, 0.05) is 6.04 Å². The van der Waals surface area contributed by atoms with Crippen molar-refractivity contribution in [3.8, 4) is 0 Å². The average molecular weight is 575 g/mol. The highest BCUT2D eigenvalue weighted by Crippen LogP contribution is 2.31. The second-order valence-corrected chi connectivity index (χ2v) is 11.7. The van der Waals surface area contributed by atoms with Gasteiger partial charge in [-0.3, -0.25) is 9.59 Å². The minimum absolute atomic E-state index is 0.0211. The van der Waals surface area contributed by atoms with Crippen LogP contribution in [-0.4, -0.2) is 80.7 Å². The highest BCUT2D eigenvalue weighted by atomic mass is 32.3. The van der Waals surface area contributed by atoms with E-state index in [4.69, 9.17) is 22.0 Å². The zero-order chi connectivity index (χ0) is 28.4. The van der Waals surface area contributed by atoms with Gasteiger partial charge in [0.1, 0.15) is 6.04 Å². The van der Waals surface area contributed by atoms with Crippen molar-refractivity contribution in [1.29, 1.82) is 0 Å². The molecule has 3 aliphatic heterocycles. The first-order chi connectivity index (χ1) is 18.4. The number of carbonyl (C=O) groups excluding carboxylic acids is 3. The fourth-order valence-electron chi connectivity index (χ4n) is 4.77. The van der Waals surface area contributed by atoms with Crippen molar-refractivity contribution in [3.63, 3.8) is 0 Å². The lowest BCUT2D eigenvalue weighted by Gasteiger charge is -2.36. The summed E-state index contributed by atoms with van der Waals surface area (Å²) in [5.41, 5.74) is -1.45. The first-order valence-corrected chi connectivity index (χ1v) is 14.2. The first-order valence-electron chi connectivity index (χ1n) is 12.8. The summed E-state index contributed by atoms with van der Waals surface area (Å²) in [6.45, 7) is 4.73. The molecule has 1 aromatic rings. The van der Waals surface area contributed by atoms with Crippen LogP contribution in [0, 0.1) is 12.3 Å². The van der Waals surface area contributed by atoms with E-state index >= 15 is 0 Å². The van der Waals surface area contributed by atoms with Crippen LogP contribution < -0.4 is 16.5 Å². The summed E-state index contributed by atoms with van der Waals surface area (Å²) in [7, 11) is -4.75.